The maximum absolute atomic E-state index is 14.5. The Morgan fingerprint density at radius 3 is 1.00 bits per heavy atom. The van der Waals surface area contributed by atoms with Crippen LogP contribution in [0.2, 0.25) is 0 Å². The molecular weight excluding hydrogens is 518 g/mol. The van der Waals surface area contributed by atoms with E-state index in [9.17, 15) is 26.3 Å². The number of hydrogen-bond donors (Lipinski definition) is 0. The van der Waals surface area contributed by atoms with Gasteiger partial charge in [0.2, 0.25) is 5.41 Å². The van der Waals surface area contributed by atoms with Gasteiger partial charge in [0.05, 0.1) is 0 Å². The van der Waals surface area contributed by atoms with Crippen LogP contribution in [0, 0.1) is 27.7 Å². The van der Waals surface area contributed by atoms with Gasteiger partial charge in [-0.15, -0.1) is 0 Å². The molecule has 0 radical (unpaired) electrons. The fraction of sp³-hybridized carbons (Fsp3) is 0.226. The summed E-state index contributed by atoms with van der Waals surface area (Å²) < 4.78 is 98.5. The highest BCUT2D eigenvalue weighted by atomic mass is 19.4. The average molecular weight is 545 g/mol. The fourth-order valence-corrected chi connectivity index (χ4v) is 4.35. The van der Waals surface area contributed by atoms with E-state index in [1.165, 1.54) is 0 Å². The van der Waals surface area contributed by atoms with Crippen LogP contribution in [0.1, 0.15) is 33.4 Å². The summed E-state index contributed by atoms with van der Waals surface area (Å²) in [6, 6.07) is 18.1. The van der Waals surface area contributed by atoms with Gasteiger partial charge >= 0.3 is 12.4 Å². The third-order valence-electron chi connectivity index (χ3n) is 6.85. The number of hydrogen-bond acceptors (Lipinski definition) is 2. The van der Waals surface area contributed by atoms with Crippen LogP contribution >= 0.6 is 0 Å². The lowest BCUT2D eigenvalue weighted by molar-refractivity contribution is -0.288. The SMILES string of the molecule is Cc1ccc(Oc2ccc(C(c3ccc(Oc4ccc(C)c(C)c4)cc3)(C(F)(F)F)C(F)(F)F)cc2)cc1C. The Labute approximate surface area is 222 Å². The van der Waals surface area contributed by atoms with Crippen molar-refractivity contribution < 1.29 is 35.8 Å². The molecule has 0 saturated heterocycles. The number of aryl methyl sites for hydroxylation is 4. The molecule has 2 nitrogen and oxygen atoms in total. The van der Waals surface area contributed by atoms with E-state index in [1.807, 2.05) is 39.8 Å². The zero-order chi connectivity index (χ0) is 28.6. The monoisotopic (exact) mass is 544 g/mol. The molecule has 0 atom stereocenters. The predicted octanol–water partition coefficient (Wildman–Crippen LogP) is 9.92. The van der Waals surface area contributed by atoms with Gasteiger partial charge in [0.1, 0.15) is 23.0 Å². The van der Waals surface area contributed by atoms with Crippen molar-refractivity contribution in [2.45, 2.75) is 45.5 Å². The number of benzene rings is 4. The molecule has 4 aromatic carbocycles. The average Bonchev–Trinajstić information content (AvgIpc) is 2.84. The van der Waals surface area contributed by atoms with Gasteiger partial charge in [-0.1, -0.05) is 36.4 Å². The van der Waals surface area contributed by atoms with E-state index in [1.54, 1.807) is 24.3 Å². The van der Waals surface area contributed by atoms with E-state index in [-0.39, 0.29) is 11.5 Å². The molecule has 0 spiro atoms. The van der Waals surface area contributed by atoms with Crippen LogP contribution in [-0.2, 0) is 5.41 Å². The van der Waals surface area contributed by atoms with Crippen molar-refractivity contribution in [1.82, 2.24) is 0 Å². The minimum atomic E-state index is -5.70. The lowest BCUT2D eigenvalue weighted by Gasteiger charge is -2.38. The molecule has 0 saturated carbocycles. The summed E-state index contributed by atoms with van der Waals surface area (Å²) in [6.07, 6.45) is -11.4. The summed E-state index contributed by atoms with van der Waals surface area (Å²) >= 11 is 0. The van der Waals surface area contributed by atoms with Gasteiger partial charge in [0.25, 0.3) is 0 Å². The van der Waals surface area contributed by atoms with E-state index < -0.39 is 28.9 Å². The zero-order valence-electron chi connectivity index (χ0n) is 21.7. The van der Waals surface area contributed by atoms with Crippen molar-refractivity contribution in [2.24, 2.45) is 0 Å². The molecule has 0 aliphatic carbocycles. The number of halogens is 6. The Balaban J connectivity index is 1.71. The van der Waals surface area contributed by atoms with Crippen molar-refractivity contribution in [3.8, 4) is 23.0 Å². The molecule has 0 amide bonds. The summed E-state index contributed by atoms with van der Waals surface area (Å²) in [5, 5.41) is 0. The molecule has 8 heteroatoms. The van der Waals surface area contributed by atoms with Crippen molar-refractivity contribution in [1.29, 1.82) is 0 Å². The Kier molecular flexibility index (Phi) is 7.43. The van der Waals surface area contributed by atoms with Crippen molar-refractivity contribution in [3.05, 3.63) is 118 Å². The van der Waals surface area contributed by atoms with Gasteiger partial charge in [0.15, 0.2) is 0 Å². The fourth-order valence-electron chi connectivity index (χ4n) is 4.35. The lowest BCUT2D eigenvalue weighted by atomic mass is 9.73. The highest BCUT2D eigenvalue weighted by molar-refractivity contribution is 5.48. The van der Waals surface area contributed by atoms with Crippen LogP contribution in [0.25, 0.3) is 0 Å². The maximum Gasteiger partial charge on any atom is 0.411 e. The first-order valence-corrected chi connectivity index (χ1v) is 12.1. The first-order chi connectivity index (χ1) is 18.2. The molecule has 39 heavy (non-hydrogen) atoms. The van der Waals surface area contributed by atoms with Crippen molar-refractivity contribution in [2.75, 3.05) is 0 Å². The molecule has 0 N–H and O–H groups in total. The normalized spacial score (nSPS) is 12.4. The Morgan fingerprint density at radius 2 is 0.718 bits per heavy atom. The van der Waals surface area contributed by atoms with Crippen molar-refractivity contribution in [3.63, 3.8) is 0 Å². The van der Waals surface area contributed by atoms with Gasteiger partial charge in [0, 0.05) is 0 Å². The standard InChI is InChI=1S/C31H26F6O2/c1-19-5-11-27(17-21(19)3)38-25-13-7-23(8-14-25)29(30(32,33)34,31(35,36)37)24-9-15-26(16-10-24)39-28-12-6-20(2)22(4)18-28/h5-18H,1-4H3. The summed E-state index contributed by atoms with van der Waals surface area (Å²) in [6.45, 7) is 7.54. The quantitative estimate of drug-likeness (QED) is 0.225. The van der Waals surface area contributed by atoms with Gasteiger partial charge < -0.3 is 9.47 Å². The molecule has 0 unspecified atom stereocenters. The van der Waals surface area contributed by atoms with E-state index in [0.717, 1.165) is 70.8 Å². The summed E-state index contributed by atoms with van der Waals surface area (Å²) in [5.74, 6) is 1.06. The van der Waals surface area contributed by atoms with Crippen LogP contribution in [0.15, 0.2) is 84.9 Å². The highest BCUT2D eigenvalue weighted by Gasteiger charge is 2.72. The van der Waals surface area contributed by atoms with E-state index in [4.69, 9.17) is 9.47 Å². The molecule has 204 valence electrons. The van der Waals surface area contributed by atoms with Crippen LogP contribution in [0.5, 0.6) is 23.0 Å². The van der Waals surface area contributed by atoms with Crippen LogP contribution in [0.4, 0.5) is 26.3 Å². The Morgan fingerprint density at radius 1 is 0.410 bits per heavy atom. The van der Waals surface area contributed by atoms with Gasteiger partial charge in [-0.05, 0) is 110 Å². The molecule has 0 aliphatic rings. The first-order valence-electron chi connectivity index (χ1n) is 12.1. The van der Waals surface area contributed by atoms with Gasteiger partial charge in [-0.3, -0.25) is 0 Å². The minimum Gasteiger partial charge on any atom is -0.457 e. The third kappa shape index (κ3) is 5.46. The van der Waals surface area contributed by atoms with Gasteiger partial charge in [-0.2, -0.15) is 26.3 Å². The minimum absolute atomic E-state index is 0.109. The third-order valence-corrected chi connectivity index (χ3v) is 6.85. The first kappa shape index (κ1) is 28.1. The summed E-state index contributed by atoms with van der Waals surface area (Å²) in [4.78, 5) is 0. The van der Waals surface area contributed by atoms with Gasteiger partial charge in [-0.25, -0.2) is 0 Å². The molecule has 0 bridgehead atoms. The number of rotatable bonds is 6. The summed E-state index contributed by atoms with van der Waals surface area (Å²) in [7, 11) is 0. The molecular formula is C31H26F6O2. The second-order valence-corrected chi connectivity index (χ2v) is 9.49. The lowest BCUT2D eigenvalue weighted by Crippen LogP contribution is -2.54. The number of ether oxygens (including phenoxy) is 2. The smallest absolute Gasteiger partial charge is 0.411 e. The summed E-state index contributed by atoms with van der Waals surface area (Å²) in [5.41, 5.74) is -2.32. The number of alkyl halides is 6. The van der Waals surface area contributed by atoms with E-state index in [0.29, 0.717) is 11.5 Å². The highest BCUT2D eigenvalue weighted by Crippen LogP contribution is 2.56. The molecule has 4 aromatic rings. The largest absolute Gasteiger partial charge is 0.457 e. The molecule has 0 fully saturated rings. The van der Waals surface area contributed by atoms with Crippen LogP contribution < -0.4 is 9.47 Å². The molecule has 0 heterocycles. The Hall–Kier alpha value is -3.94. The molecule has 0 aromatic heterocycles. The second-order valence-electron chi connectivity index (χ2n) is 9.49. The van der Waals surface area contributed by atoms with Crippen LogP contribution in [-0.4, -0.2) is 12.4 Å². The maximum atomic E-state index is 14.5. The van der Waals surface area contributed by atoms with Crippen LogP contribution in [0.3, 0.4) is 0 Å². The predicted molar refractivity (Wildman–Crippen MR) is 138 cm³/mol. The zero-order valence-corrected chi connectivity index (χ0v) is 21.7. The molecule has 0 aliphatic heterocycles. The Bertz CT molecular complexity index is 1340. The van der Waals surface area contributed by atoms with E-state index >= 15 is 0 Å². The second kappa shape index (κ2) is 10.3. The van der Waals surface area contributed by atoms with E-state index in [2.05, 4.69) is 0 Å². The van der Waals surface area contributed by atoms with Crippen molar-refractivity contribution >= 4 is 0 Å². The molecule has 4 rings (SSSR count). The topological polar surface area (TPSA) is 18.5 Å².